The number of allylic oxidation sites excluding steroid dienone is 3. The maximum absolute atomic E-state index is 13.3. The maximum atomic E-state index is 13.3. The minimum absolute atomic E-state index is 0.0425. The third kappa shape index (κ3) is 3.13. The van der Waals surface area contributed by atoms with Crippen LogP contribution in [0.15, 0.2) is 46.4 Å². The Morgan fingerprint density at radius 2 is 1.90 bits per heavy atom. The summed E-state index contributed by atoms with van der Waals surface area (Å²) in [7, 11) is 0. The van der Waals surface area contributed by atoms with Crippen molar-refractivity contribution in [2.24, 2.45) is 23.7 Å². The van der Waals surface area contributed by atoms with Crippen molar-refractivity contribution in [1.82, 2.24) is 0 Å². The second-order valence-corrected chi connectivity index (χ2v) is 9.48. The van der Waals surface area contributed by atoms with Crippen LogP contribution in [0.1, 0.15) is 34.6 Å². The van der Waals surface area contributed by atoms with Gasteiger partial charge in [0.15, 0.2) is 5.79 Å². The number of cyclic esters (lactones) is 1. The lowest BCUT2D eigenvalue weighted by molar-refractivity contribution is -0.286. The summed E-state index contributed by atoms with van der Waals surface area (Å²) in [5, 5.41) is 21.0. The number of hydrogen-bond donors (Lipinski definition) is 2. The van der Waals surface area contributed by atoms with E-state index in [0.29, 0.717) is 16.9 Å². The molecule has 0 aromatic heterocycles. The average molecular weight is 451 g/mol. The van der Waals surface area contributed by atoms with Crippen molar-refractivity contribution in [2.75, 3.05) is 0 Å². The Kier molecular flexibility index (Phi) is 5.25. The Bertz CT molecular complexity index is 961. The highest BCUT2D eigenvalue weighted by molar-refractivity contribution is 6.45. The Morgan fingerprint density at radius 1 is 1.23 bits per heavy atom. The molecule has 2 N–H and O–H groups in total. The third-order valence-corrected chi connectivity index (χ3v) is 7.50. The van der Waals surface area contributed by atoms with Gasteiger partial charge in [-0.25, -0.2) is 0 Å². The summed E-state index contributed by atoms with van der Waals surface area (Å²) >= 11 is 6.47. The van der Waals surface area contributed by atoms with Crippen molar-refractivity contribution in [1.29, 1.82) is 0 Å². The van der Waals surface area contributed by atoms with Gasteiger partial charge in [-0.1, -0.05) is 31.5 Å². The fourth-order valence-electron chi connectivity index (χ4n) is 4.78. The lowest BCUT2D eigenvalue weighted by atomic mass is 9.65. The number of esters is 1. The highest BCUT2D eigenvalue weighted by Crippen LogP contribution is 2.60. The van der Waals surface area contributed by atoms with E-state index >= 15 is 0 Å². The first kappa shape index (κ1) is 22.3. The molecule has 0 amide bonds. The van der Waals surface area contributed by atoms with Crippen molar-refractivity contribution in [3.05, 3.63) is 46.4 Å². The van der Waals surface area contributed by atoms with E-state index in [1.54, 1.807) is 45.9 Å². The predicted molar refractivity (Wildman–Crippen MR) is 111 cm³/mol. The van der Waals surface area contributed by atoms with Crippen LogP contribution in [0.2, 0.25) is 0 Å². The molecule has 0 aromatic rings. The van der Waals surface area contributed by atoms with E-state index in [2.05, 4.69) is 0 Å². The van der Waals surface area contributed by atoms with Gasteiger partial charge in [0.2, 0.25) is 5.78 Å². The van der Waals surface area contributed by atoms with Gasteiger partial charge in [0, 0.05) is 28.9 Å². The number of fused-ring (bicyclic) bond motifs is 5. The molecule has 4 aliphatic rings. The topological polar surface area (TPSA) is 102 Å². The van der Waals surface area contributed by atoms with E-state index in [9.17, 15) is 19.8 Å². The summed E-state index contributed by atoms with van der Waals surface area (Å²) in [6, 6.07) is 0. The largest absolute Gasteiger partial charge is 0.465 e. The molecule has 1 aliphatic carbocycles. The molecule has 0 aromatic carbocycles. The maximum Gasteiger partial charge on any atom is 0.315 e. The molecule has 168 valence electrons. The molecule has 8 atom stereocenters. The van der Waals surface area contributed by atoms with Crippen LogP contribution in [-0.2, 0) is 23.8 Å². The number of Topliss-reactive ketones (excluding diaryl/α,β-unsaturated/α-hetero) is 1. The molecule has 2 fully saturated rings. The molecule has 7 nitrogen and oxygen atoms in total. The quantitative estimate of drug-likeness (QED) is 0.637. The van der Waals surface area contributed by atoms with Crippen LogP contribution in [0.5, 0.6) is 0 Å². The molecule has 2 saturated heterocycles. The minimum atomic E-state index is -1.87. The number of halogens is 1. The van der Waals surface area contributed by atoms with Gasteiger partial charge in [0.25, 0.3) is 0 Å². The number of carbonyl (C=O) groups excluding carboxylic acids is 2. The summed E-state index contributed by atoms with van der Waals surface area (Å²) in [6.07, 6.45) is 5.46. The minimum Gasteiger partial charge on any atom is -0.465 e. The van der Waals surface area contributed by atoms with E-state index in [1.807, 2.05) is 6.92 Å². The molecular formula is C23H27ClO7. The summed E-state index contributed by atoms with van der Waals surface area (Å²) in [5.41, 5.74) is -0.599. The van der Waals surface area contributed by atoms with Gasteiger partial charge in [0.05, 0.1) is 17.4 Å². The first-order valence-electron chi connectivity index (χ1n) is 10.4. The number of ketones is 1. The molecule has 31 heavy (non-hydrogen) atoms. The van der Waals surface area contributed by atoms with Crippen LogP contribution in [0.25, 0.3) is 0 Å². The predicted octanol–water partition coefficient (Wildman–Crippen LogP) is 2.72. The molecule has 0 unspecified atom stereocenters. The normalized spacial score (nSPS) is 41.5. The molecule has 0 saturated carbocycles. The lowest BCUT2D eigenvalue weighted by Gasteiger charge is -2.42. The second-order valence-electron chi connectivity index (χ2n) is 9.10. The lowest BCUT2D eigenvalue weighted by Crippen LogP contribution is -2.56. The van der Waals surface area contributed by atoms with Crippen molar-refractivity contribution in [3.63, 3.8) is 0 Å². The van der Waals surface area contributed by atoms with Crippen LogP contribution in [-0.4, -0.2) is 45.6 Å². The fraction of sp³-hybridized carbons (Fsp3) is 0.565. The molecule has 0 radical (unpaired) electrons. The van der Waals surface area contributed by atoms with Gasteiger partial charge in [-0.15, -0.1) is 0 Å². The Labute approximate surface area is 186 Å². The van der Waals surface area contributed by atoms with Gasteiger partial charge in [0.1, 0.15) is 23.4 Å². The van der Waals surface area contributed by atoms with Crippen molar-refractivity contribution in [3.8, 4) is 0 Å². The van der Waals surface area contributed by atoms with Crippen LogP contribution in [0.4, 0.5) is 0 Å². The monoisotopic (exact) mass is 450 g/mol. The molecule has 4 rings (SSSR count). The third-order valence-electron chi connectivity index (χ3n) is 7.13. The van der Waals surface area contributed by atoms with Crippen molar-refractivity contribution in [2.45, 2.75) is 58.2 Å². The number of aliphatic hydroxyl groups is 2. The van der Waals surface area contributed by atoms with E-state index < -0.39 is 53.1 Å². The number of ether oxygens (including phenoxy) is 3. The van der Waals surface area contributed by atoms with Gasteiger partial charge in [-0.05, 0) is 32.9 Å². The first-order chi connectivity index (χ1) is 14.4. The van der Waals surface area contributed by atoms with Gasteiger partial charge in [-0.3, -0.25) is 9.59 Å². The first-order valence-corrected chi connectivity index (χ1v) is 10.8. The van der Waals surface area contributed by atoms with Crippen molar-refractivity contribution >= 4 is 23.4 Å². The Balaban J connectivity index is 1.77. The van der Waals surface area contributed by atoms with Crippen LogP contribution in [0, 0.1) is 23.7 Å². The standard InChI is InChI=1S/C23H27ClO7/c1-10(12(3)25)6-7-14-8-15-16(9-29-14)17-18-21(27)30-13(4)11(2)23(18,28)31-22(17,5)20(26)19(15)24/h6-13,17-18,25,28H,1-5H3/b7-6+/t10-,11-,12-,13-,17-,18+,22+,23-/m1/s1. The second kappa shape index (κ2) is 7.30. The molecule has 0 spiro atoms. The van der Waals surface area contributed by atoms with E-state index in [-0.39, 0.29) is 11.0 Å². The summed E-state index contributed by atoms with van der Waals surface area (Å²) in [6.45, 7) is 8.51. The molecule has 3 aliphatic heterocycles. The molecule has 0 bridgehead atoms. The molecular weight excluding hydrogens is 424 g/mol. The Hall–Kier alpha value is -1.93. The van der Waals surface area contributed by atoms with Crippen molar-refractivity contribution < 1.29 is 34.0 Å². The smallest absolute Gasteiger partial charge is 0.315 e. The van der Waals surface area contributed by atoms with Gasteiger partial charge < -0.3 is 24.4 Å². The summed E-state index contributed by atoms with van der Waals surface area (Å²) in [4.78, 5) is 26.2. The number of carbonyl (C=O) groups is 2. The zero-order chi connectivity index (χ0) is 22.9. The number of rotatable bonds is 3. The van der Waals surface area contributed by atoms with Crippen LogP contribution >= 0.6 is 11.6 Å². The van der Waals surface area contributed by atoms with Gasteiger partial charge >= 0.3 is 5.97 Å². The Morgan fingerprint density at radius 3 is 2.55 bits per heavy atom. The number of aliphatic hydroxyl groups excluding tert-OH is 1. The van der Waals surface area contributed by atoms with E-state index in [0.717, 1.165) is 0 Å². The van der Waals surface area contributed by atoms with E-state index in [4.69, 9.17) is 25.8 Å². The molecule has 8 heteroatoms. The highest BCUT2D eigenvalue weighted by atomic mass is 35.5. The van der Waals surface area contributed by atoms with E-state index in [1.165, 1.54) is 6.26 Å². The highest BCUT2D eigenvalue weighted by Gasteiger charge is 2.72. The van der Waals surface area contributed by atoms with Gasteiger partial charge in [-0.2, -0.15) is 0 Å². The SMILES string of the molecule is C[C@H](/C=C/C1=CC2=C(Cl)C(=O)[C@@]3(C)O[C@]4(O)[C@H](C)[C@@H](C)OC(=O)[C@@H]4[C@H]3C2=CO1)[C@@H](C)O. The zero-order valence-corrected chi connectivity index (χ0v) is 18.8. The summed E-state index contributed by atoms with van der Waals surface area (Å²) in [5.74, 6) is -5.11. The fourth-order valence-corrected chi connectivity index (χ4v) is 5.14. The summed E-state index contributed by atoms with van der Waals surface area (Å²) < 4.78 is 17.2. The number of hydrogen-bond acceptors (Lipinski definition) is 7. The van der Waals surface area contributed by atoms with Crippen LogP contribution < -0.4 is 0 Å². The van der Waals surface area contributed by atoms with Crippen LogP contribution in [0.3, 0.4) is 0 Å². The average Bonchev–Trinajstić information content (AvgIpc) is 2.98. The molecule has 3 heterocycles. The zero-order valence-electron chi connectivity index (χ0n) is 18.1.